The maximum absolute atomic E-state index is 13.5. The van der Waals surface area contributed by atoms with Crippen molar-refractivity contribution in [1.82, 2.24) is 20.3 Å². The fourth-order valence-corrected chi connectivity index (χ4v) is 4.27. The Balaban J connectivity index is 1.40. The molecule has 3 aromatic carbocycles. The molecule has 5 rings (SSSR count). The molecule has 0 aliphatic carbocycles. The van der Waals surface area contributed by atoms with Gasteiger partial charge in [0.15, 0.2) is 5.11 Å². The van der Waals surface area contributed by atoms with E-state index in [-0.39, 0.29) is 11.9 Å². The molecule has 0 fully saturated rings. The van der Waals surface area contributed by atoms with Crippen LogP contribution < -0.4 is 5.32 Å². The SMILES string of the molecule is Fc1ccc(C2=NN(C(=S)NCCc3ccccc3)[C@H](c3ccc4nccnc4c3)C2)cc1. The fraction of sp³-hybridized carbons (Fsp3) is 0.154. The zero-order chi connectivity index (χ0) is 22.6. The number of hydrazone groups is 1. The van der Waals surface area contributed by atoms with Crippen LogP contribution in [0.5, 0.6) is 0 Å². The Morgan fingerprint density at radius 3 is 2.52 bits per heavy atom. The molecule has 5 nitrogen and oxygen atoms in total. The van der Waals surface area contributed by atoms with Crippen molar-refractivity contribution in [3.05, 3.63) is 108 Å². The Hall–Kier alpha value is -3.71. The molecule has 1 aliphatic rings. The summed E-state index contributed by atoms with van der Waals surface area (Å²) in [5.74, 6) is -0.267. The smallest absolute Gasteiger partial charge is 0.190 e. The summed E-state index contributed by atoms with van der Waals surface area (Å²) in [6.07, 6.45) is 4.89. The molecule has 1 aromatic heterocycles. The molecule has 0 spiro atoms. The largest absolute Gasteiger partial charge is 0.361 e. The first-order valence-electron chi connectivity index (χ1n) is 10.8. The van der Waals surface area contributed by atoms with Crippen LogP contribution in [0.1, 0.15) is 29.2 Å². The number of nitrogens with one attached hydrogen (secondary N) is 1. The molecule has 2 heterocycles. The van der Waals surface area contributed by atoms with Gasteiger partial charge in [0.1, 0.15) is 5.82 Å². The number of fused-ring (bicyclic) bond motifs is 1. The third-order valence-corrected chi connectivity index (χ3v) is 6.04. The topological polar surface area (TPSA) is 53.4 Å². The molecular formula is C26H22FN5S. The predicted molar refractivity (Wildman–Crippen MR) is 132 cm³/mol. The molecule has 0 bridgehead atoms. The molecule has 7 heteroatoms. The summed E-state index contributed by atoms with van der Waals surface area (Å²) >= 11 is 5.75. The quantitative estimate of drug-likeness (QED) is 0.428. The Morgan fingerprint density at radius 1 is 0.970 bits per heavy atom. The van der Waals surface area contributed by atoms with Crippen molar-refractivity contribution in [1.29, 1.82) is 0 Å². The van der Waals surface area contributed by atoms with Crippen molar-refractivity contribution in [2.75, 3.05) is 6.54 Å². The monoisotopic (exact) mass is 455 g/mol. The van der Waals surface area contributed by atoms with Gasteiger partial charge in [-0.2, -0.15) is 5.10 Å². The first-order chi connectivity index (χ1) is 16.2. The number of nitrogens with zero attached hydrogens (tertiary/aromatic N) is 4. The van der Waals surface area contributed by atoms with Gasteiger partial charge in [0.25, 0.3) is 0 Å². The highest BCUT2D eigenvalue weighted by Crippen LogP contribution is 2.33. The Kier molecular flexibility index (Phi) is 6.04. The van der Waals surface area contributed by atoms with Crippen LogP contribution in [0, 0.1) is 5.82 Å². The van der Waals surface area contributed by atoms with Gasteiger partial charge < -0.3 is 5.32 Å². The van der Waals surface area contributed by atoms with E-state index in [2.05, 4.69) is 27.4 Å². The summed E-state index contributed by atoms with van der Waals surface area (Å²) in [6, 6.07) is 22.7. The first-order valence-corrected chi connectivity index (χ1v) is 11.2. The standard InChI is InChI=1S/C26H22FN5S/c27-21-9-6-19(7-10-21)23-17-25(20-8-11-22-24(16-20)29-15-14-28-22)32(31-23)26(33)30-13-12-18-4-2-1-3-5-18/h1-11,14-16,25H,12-13,17H2,(H,30,33)/t25-/m0/s1. The van der Waals surface area contributed by atoms with Crippen LogP contribution >= 0.6 is 12.2 Å². The number of hydrogen-bond acceptors (Lipinski definition) is 4. The Bertz CT molecular complexity index is 1310. The summed E-state index contributed by atoms with van der Waals surface area (Å²) in [5, 5.41) is 10.6. The molecular weight excluding hydrogens is 433 g/mol. The van der Waals surface area contributed by atoms with Crippen LogP contribution in [0.4, 0.5) is 4.39 Å². The van der Waals surface area contributed by atoms with Gasteiger partial charge in [0.2, 0.25) is 0 Å². The number of thiocarbonyl (C=S) groups is 1. The molecule has 0 saturated heterocycles. The highest BCUT2D eigenvalue weighted by molar-refractivity contribution is 7.80. The maximum Gasteiger partial charge on any atom is 0.190 e. The minimum Gasteiger partial charge on any atom is -0.361 e. The van der Waals surface area contributed by atoms with E-state index in [0.29, 0.717) is 18.1 Å². The van der Waals surface area contributed by atoms with E-state index >= 15 is 0 Å². The molecule has 33 heavy (non-hydrogen) atoms. The van der Waals surface area contributed by atoms with E-state index in [4.69, 9.17) is 17.3 Å². The average Bonchev–Trinajstić information content (AvgIpc) is 3.30. The van der Waals surface area contributed by atoms with Crippen molar-refractivity contribution in [2.45, 2.75) is 18.9 Å². The van der Waals surface area contributed by atoms with Crippen molar-refractivity contribution in [2.24, 2.45) is 5.10 Å². The predicted octanol–water partition coefficient (Wildman–Crippen LogP) is 5.04. The second kappa shape index (κ2) is 9.42. The molecule has 0 radical (unpaired) electrons. The normalized spacial score (nSPS) is 15.5. The van der Waals surface area contributed by atoms with Crippen LogP contribution in [0.2, 0.25) is 0 Å². The molecule has 164 valence electrons. The van der Waals surface area contributed by atoms with Gasteiger partial charge in [-0.1, -0.05) is 48.5 Å². The number of rotatable bonds is 5. The van der Waals surface area contributed by atoms with Crippen LogP contribution in [0.15, 0.2) is 90.3 Å². The van der Waals surface area contributed by atoms with Gasteiger partial charge in [-0.3, -0.25) is 9.97 Å². The van der Waals surface area contributed by atoms with Gasteiger partial charge in [-0.25, -0.2) is 9.40 Å². The van der Waals surface area contributed by atoms with Gasteiger partial charge in [-0.15, -0.1) is 0 Å². The van der Waals surface area contributed by atoms with E-state index in [9.17, 15) is 4.39 Å². The molecule has 1 atom stereocenters. The first kappa shape index (κ1) is 21.2. The zero-order valence-electron chi connectivity index (χ0n) is 17.9. The summed E-state index contributed by atoms with van der Waals surface area (Å²) in [5.41, 5.74) is 5.72. The van der Waals surface area contributed by atoms with Crippen molar-refractivity contribution < 1.29 is 4.39 Å². The van der Waals surface area contributed by atoms with Crippen LogP contribution in [0.3, 0.4) is 0 Å². The van der Waals surface area contributed by atoms with E-state index in [0.717, 1.165) is 34.3 Å². The van der Waals surface area contributed by atoms with Gasteiger partial charge in [-0.05, 0) is 59.6 Å². The summed E-state index contributed by atoms with van der Waals surface area (Å²) in [7, 11) is 0. The third kappa shape index (κ3) is 4.73. The zero-order valence-corrected chi connectivity index (χ0v) is 18.7. The molecule has 1 aliphatic heterocycles. The number of hydrogen-bond donors (Lipinski definition) is 1. The number of halogens is 1. The van der Waals surface area contributed by atoms with Crippen molar-refractivity contribution >= 4 is 34.1 Å². The molecule has 0 saturated carbocycles. The molecule has 1 N–H and O–H groups in total. The Morgan fingerprint density at radius 2 is 1.73 bits per heavy atom. The van der Waals surface area contributed by atoms with Crippen molar-refractivity contribution in [3.63, 3.8) is 0 Å². The molecule has 0 amide bonds. The van der Waals surface area contributed by atoms with Crippen molar-refractivity contribution in [3.8, 4) is 0 Å². The second-order valence-electron chi connectivity index (χ2n) is 7.89. The van der Waals surface area contributed by atoms with E-state index < -0.39 is 0 Å². The van der Waals surface area contributed by atoms with Crippen LogP contribution in [-0.4, -0.2) is 32.3 Å². The Labute approximate surface area is 197 Å². The lowest BCUT2D eigenvalue weighted by molar-refractivity contribution is 0.364. The minimum absolute atomic E-state index is 0.0896. The van der Waals surface area contributed by atoms with E-state index in [1.165, 1.54) is 17.7 Å². The summed E-state index contributed by atoms with van der Waals surface area (Å²) in [4.78, 5) is 8.81. The highest BCUT2D eigenvalue weighted by atomic mass is 32.1. The maximum atomic E-state index is 13.5. The van der Waals surface area contributed by atoms with Crippen LogP contribution in [-0.2, 0) is 6.42 Å². The molecule has 4 aromatic rings. The second-order valence-corrected chi connectivity index (χ2v) is 8.28. The number of benzene rings is 3. The minimum atomic E-state index is -0.267. The fourth-order valence-electron chi connectivity index (χ4n) is 4.00. The lowest BCUT2D eigenvalue weighted by Gasteiger charge is -2.25. The number of aromatic nitrogens is 2. The summed E-state index contributed by atoms with van der Waals surface area (Å²) < 4.78 is 13.5. The van der Waals surface area contributed by atoms with E-state index in [1.54, 1.807) is 24.5 Å². The lowest BCUT2D eigenvalue weighted by atomic mass is 9.98. The lowest BCUT2D eigenvalue weighted by Crippen LogP contribution is -2.37. The van der Waals surface area contributed by atoms with E-state index in [1.807, 2.05) is 41.4 Å². The third-order valence-electron chi connectivity index (χ3n) is 5.71. The average molecular weight is 456 g/mol. The van der Waals surface area contributed by atoms with Gasteiger partial charge in [0.05, 0.1) is 22.8 Å². The van der Waals surface area contributed by atoms with Gasteiger partial charge in [0, 0.05) is 25.4 Å². The summed E-state index contributed by atoms with van der Waals surface area (Å²) in [6.45, 7) is 0.705. The molecule has 0 unspecified atom stereocenters. The van der Waals surface area contributed by atoms with Crippen LogP contribution in [0.25, 0.3) is 11.0 Å². The highest BCUT2D eigenvalue weighted by Gasteiger charge is 2.31. The van der Waals surface area contributed by atoms with Gasteiger partial charge >= 0.3 is 0 Å².